The fourth-order valence-electron chi connectivity index (χ4n) is 4.73. The van der Waals surface area contributed by atoms with Crippen molar-refractivity contribution in [1.29, 1.82) is 0 Å². The molecule has 1 saturated carbocycles. The van der Waals surface area contributed by atoms with Gasteiger partial charge in [-0.05, 0) is 67.1 Å². The van der Waals surface area contributed by atoms with Crippen LogP contribution < -0.4 is 10.6 Å². The van der Waals surface area contributed by atoms with Gasteiger partial charge in [-0.15, -0.1) is 0 Å². The number of amides is 2. The summed E-state index contributed by atoms with van der Waals surface area (Å²) >= 11 is 0. The maximum Gasteiger partial charge on any atom is 0.328 e. The molecule has 0 unspecified atom stereocenters. The highest BCUT2D eigenvalue weighted by molar-refractivity contribution is 5.98. The van der Waals surface area contributed by atoms with Crippen molar-refractivity contribution in [3.63, 3.8) is 0 Å². The fraction of sp³-hybridized carbons (Fsp3) is 0.667. The molecule has 184 valence electrons. The van der Waals surface area contributed by atoms with Gasteiger partial charge in [-0.1, -0.05) is 59.6 Å². The first kappa shape index (κ1) is 26.9. The first-order chi connectivity index (χ1) is 15.7. The van der Waals surface area contributed by atoms with E-state index in [4.69, 9.17) is 4.74 Å². The van der Waals surface area contributed by atoms with Crippen molar-refractivity contribution in [3.8, 4) is 0 Å². The summed E-state index contributed by atoms with van der Waals surface area (Å²) < 4.78 is 4.80. The van der Waals surface area contributed by atoms with Gasteiger partial charge in [0.25, 0.3) is 5.91 Å². The zero-order valence-electron chi connectivity index (χ0n) is 21.1. The summed E-state index contributed by atoms with van der Waals surface area (Å²) in [5.74, 6) is -0.0114. The number of rotatable bonds is 10. The van der Waals surface area contributed by atoms with Crippen LogP contribution in [0.15, 0.2) is 24.3 Å². The Balaban J connectivity index is 2.01. The van der Waals surface area contributed by atoms with E-state index >= 15 is 0 Å². The number of esters is 1. The third kappa shape index (κ3) is 7.58. The Bertz CT molecular complexity index is 780. The van der Waals surface area contributed by atoms with Crippen molar-refractivity contribution in [2.45, 2.75) is 91.1 Å². The molecule has 0 aromatic heterocycles. The quantitative estimate of drug-likeness (QED) is 0.492. The molecule has 0 radical (unpaired) electrons. The van der Waals surface area contributed by atoms with Crippen molar-refractivity contribution in [3.05, 3.63) is 35.4 Å². The lowest BCUT2D eigenvalue weighted by molar-refractivity contribution is -0.146. The van der Waals surface area contributed by atoms with Crippen LogP contribution in [0.3, 0.4) is 0 Å². The summed E-state index contributed by atoms with van der Waals surface area (Å²) in [6.07, 6.45) is 7.58. The second-order valence-electron chi connectivity index (χ2n) is 10.1. The summed E-state index contributed by atoms with van der Waals surface area (Å²) in [6, 6.07) is 6.30. The molecule has 0 aliphatic heterocycles. The maximum atomic E-state index is 12.9. The van der Waals surface area contributed by atoms with Crippen molar-refractivity contribution < 1.29 is 19.1 Å². The summed E-state index contributed by atoms with van der Waals surface area (Å²) in [6.45, 7) is 9.66. The summed E-state index contributed by atoms with van der Waals surface area (Å²) in [5.41, 5.74) is 1.82. The molecule has 0 spiro atoms. The Kier molecular flexibility index (Phi) is 10.4. The maximum absolute atomic E-state index is 12.9. The van der Waals surface area contributed by atoms with E-state index < -0.39 is 18.1 Å². The van der Waals surface area contributed by atoms with Crippen LogP contribution in [0.4, 0.5) is 0 Å². The molecule has 0 saturated heterocycles. The first-order valence-corrected chi connectivity index (χ1v) is 12.5. The molecule has 2 rings (SSSR count). The number of methoxy groups -OCH3 is 1. The van der Waals surface area contributed by atoms with Gasteiger partial charge >= 0.3 is 5.97 Å². The van der Waals surface area contributed by atoms with Crippen molar-refractivity contribution in [2.75, 3.05) is 7.11 Å². The fourth-order valence-corrected chi connectivity index (χ4v) is 4.73. The molecule has 2 N–H and O–H groups in total. The molecule has 1 aliphatic carbocycles. The minimum absolute atomic E-state index is 0.130. The Hall–Kier alpha value is -2.37. The highest BCUT2D eigenvalue weighted by atomic mass is 16.5. The SMILES string of the molecule is CCCC1CCC(c2ccc(C(=O)N[C@@H](C(=O)N[C@@H](C(=O)OC)C(C)C)C(C)C)cc2)CC1. The Labute approximate surface area is 199 Å². The van der Waals surface area contributed by atoms with Gasteiger partial charge in [-0.25, -0.2) is 4.79 Å². The molecule has 0 heterocycles. The Morgan fingerprint density at radius 2 is 1.48 bits per heavy atom. The van der Waals surface area contributed by atoms with Crippen molar-refractivity contribution in [1.82, 2.24) is 10.6 Å². The second kappa shape index (κ2) is 12.8. The van der Waals surface area contributed by atoms with E-state index in [0.717, 1.165) is 5.92 Å². The number of benzene rings is 1. The molecule has 6 heteroatoms. The largest absolute Gasteiger partial charge is 0.467 e. The minimum Gasteiger partial charge on any atom is -0.467 e. The normalized spacial score (nSPS) is 20.2. The van der Waals surface area contributed by atoms with Crippen LogP contribution in [0, 0.1) is 17.8 Å². The van der Waals surface area contributed by atoms with Gasteiger partial charge in [0.05, 0.1) is 7.11 Å². The first-order valence-electron chi connectivity index (χ1n) is 12.5. The van der Waals surface area contributed by atoms with Crippen LogP contribution in [0.5, 0.6) is 0 Å². The molecule has 1 aromatic rings. The van der Waals surface area contributed by atoms with Crippen LogP contribution in [0.25, 0.3) is 0 Å². The summed E-state index contributed by atoms with van der Waals surface area (Å²) in [7, 11) is 1.30. The predicted molar refractivity (Wildman–Crippen MR) is 131 cm³/mol. The van der Waals surface area contributed by atoms with E-state index in [-0.39, 0.29) is 23.7 Å². The topological polar surface area (TPSA) is 84.5 Å². The van der Waals surface area contributed by atoms with E-state index in [2.05, 4.69) is 29.7 Å². The number of hydrogen-bond donors (Lipinski definition) is 2. The molecular formula is C27H42N2O4. The van der Waals surface area contributed by atoms with Gasteiger partial charge in [-0.2, -0.15) is 0 Å². The van der Waals surface area contributed by atoms with Gasteiger partial charge in [0.15, 0.2) is 0 Å². The number of nitrogens with one attached hydrogen (secondary N) is 2. The average Bonchev–Trinajstić information content (AvgIpc) is 2.80. The highest BCUT2D eigenvalue weighted by Crippen LogP contribution is 2.37. The number of carbonyl (C=O) groups is 3. The number of ether oxygens (including phenoxy) is 1. The molecular weight excluding hydrogens is 416 g/mol. The zero-order valence-corrected chi connectivity index (χ0v) is 21.1. The molecule has 1 fully saturated rings. The van der Waals surface area contributed by atoms with Crippen LogP contribution in [-0.4, -0.2) is 37.0 Å². The van der Waals surface area contributed by atoms with Gasteiger partial charge in [0, 0.05) is 5.56 Å². The van der Waals surface area contributed by atoms with E-state index in [1.165, 1.54) is 51.2 Å². The highest BCUT2D eigenvalue weighted by Gasteiger charge is 2.31. The molecule has 1 aromatic carbocycles. The number of carbonyl (C=O) groups excluding carboxylic acids is 3. The van der Waals surface area contributed by atoms with Gasteiger partial charge < -0.3 is 15.4 Å². The van der Waals surface area contributed by atoms with E-state index in [0.29, 0.717) is 11.5 Å². The zero-order chi connectivity index (χ0) is 24.5. The van der Waals surface area contributed by atoms with Gasteiger partial charge in [0.1, 0.15) is 12.1 Å². The Morgan fingerprint density at radius 1 is 0.909 bits per heavy atom. The molecule has 2 amide bonds. The van der Waals surface area contributed by atoms with E-state index in [1.54, 1.807) is 0 Å². The lowest BCUT2D eigenvalue weighted by Crippen LogP contribution is -2.55. The van der Waals surface area contributed by atoms with Crippen LogP contribution in [0.2, 0.25) is 0 Å². The third-order valence-corrected chi connectivity index (χ3v) is 6.84. The summed E-state index contributed by atoms with van der Waals surface area (Å²) in [4.78, 5) is 37.8. The lowest BCUT2D eigenvalue weighted by Gasteiger charge is -2.28. The average molecular weight is 459 g/mol. The monoisotopic (exact) mass is 458 g/mol. The number of hydrogen-bond acceptors (Lipinski definition) is 4. The molecule has 0 bridgehead atoms. The molecule has 33 heavy (non-hydrogen) atoms. The molecule has 2 atom stereocenters. The standard InChI is InChI=1S/C27H42N2O4/c1-7-8-19-9-11-20(12-10-19)21-13-15-22(16-14-21)25(30)28-23(17(2)3)26(31)29-24(18(4)5)27(32)33-6/h13-20,23-24H,7-12H2,1-6H3,(H,28,30)(H,29,31)/t19?,20?,23-,24-/m1/s1. The molecule has 1 aliphatic rings. The van der Waals surface area contributed by atoms with Crippen LogP contribution in [-0.2, 0) is 14.3 Å². The van der Waals surface area contributed by atoms with Gasteiger partial charge in [0.2, 0.25) is 5.91 Å². The smallest absolute Gasteiger partial charge is 0.328 e. The van der Waals surface area contributed by atoms with Gasteiger partial charge in [-0.3, -0.25) is 9.59 Å². The van der Waals surface area contributed by atoms with Crippen molar-refractivity contribution in [2.24, 2.45) is 17.8 Å². The van der Waals surface area contributed by atoms with Crippen LogP contribution in [0.1, 0.15) is 95.0 Å². The van der Waals surface area contributed by atoms with E-state index in [9.17, 15) is 14.4 Å². The summed E-state index contributed by atoms with van der Waals surface area (Å²) in [5, 5.41) is 5.59. The molecule has 6 nitrogen and oxygen atoms in total. The lowest BCUT2D eigenvalue weighted by atomic mass is 9.77. The second-order valence-corrected chi connectivity index (χ2v) is 10.1. The van der Waals surface area contributed by atoms with Crippen molar-refractivity contribution >= 4 is 17.8 Å². The Morgan fingerprint density at radius 3 is 1.97 bits per heavy atom. The minimum atomic E-state index is -0.757. The third-order valence-electron chi connectivity index (χ3n) is 6.84. The predicted octanol–water partition coefficient (Wildman–Crippen LogP) is 4.83. The van der Waals surface area contributed by atoms with E-state index in [1.807, 2.05) is 39.8 Å². The van der Waals surface area contributed by atoms with Crippen LogP contribution >= 0.6 is 0 Å².